The van der Waals surface area contributed by atoms with Gasteiger partial charge in [-0.3, -0.25) is 9.68 Å². The van der Waals surface area contributed by atoms with Crippen LogP contribution in [0, 0.1) is 10.1 Å². The Hall–Kier alpha value is -3.93. The van der Waals surface area contributed by atoms with Crippen molar-refractivity contribution in [1.29, 1.82) is 0 Å². The second-order valence-corrected chi connectivity index (χ2v) is 5.89. The molecular weight excluding hydrogens is 346 g/mol. The Morgan fingerprint density at radius 3 is 2.15 bits per heavy atom. The fourth-order valence-electron chi connectivity index (χ4n) is 3.18. The zero-order chi connectivity index (χ0) is 18.8. The number of benzene rings is 4. The molecule has 0 aromatic heterocycles. The molecule has 0 radical (unpaired) electrons. The van der Waals surface area contributed by atoms with Gasteiger partial charge in [-0.15, -0.1) is 10.1 Å². The highest BCUT2D eigenvalue weighted by Gasteiger charge is 2.17. The monoisotopic (exact) mass is 359 g/mol. The molecule has 0 saturated carbocycles. The van der Waals surface area contributed by atoms with Crippen LogP contribution >= 0.6 is 0 Å². The van der Waals surface area contributed by atoms with Crippen LogP contribution in [-0.2, 0) is 4.99 Å². The second-order valence-electron chi connectivity index (χ2n) is 5.89. The zero-order valence-electron chi connectivity index (χ0n) is 14.0. The van der Waals surface area contributed by atoms with Crippen molar-refractivity contribution >= 4 is 27.3 Å². The van der Waals surface area contributed by atoms with E-state index < -0.39 is 5.09 Å². The fraction of sp³-hybridized carbons (Fsp3) is 0. The predicted molar refractivity (Wildman–Crippen MR) is 100 cm³/mol. The summed E-state index contributed by atoms with van der Waals surface area (Å²) in [5.41, 5.74) is 1.07. The summed E-state index contributed by atoms with van der Waals surface area (Å²) < 4.78 is 0. The highest BCUT2D eigenvalue weighted by Crippen LogP contribution is 2.31. The van der Waals surface area contributed by atoms with Crippen molar-refractivity contribution in [3.05, 3.63) is 100 Å². The van der Waals surface area contributed by atoms with Crippen LogP contribution in [0.2, 0.25) is 0 Å². The molecule has 0 amide bonds. The number of rotatable bonds is 5. The summed E-state index contributed by atoms with van der Waals surface area (Å²) in [6.45, 7) is 0. The molecule has 0 spiro atoms. The molecule has 27 heavy (non-hydrogen) atoms. The molecule has 0 N–H and O–H groups in total. The van der Waals surface area contributed by atoms with Crippen molar-refractivity contribution in [3.8, 4) is 5.75 Å². The Morgan fingerprint density at radius 1 is 0.741 bits per heavy atom. The summed E-state index contributed by atoms with van der Waals surface area (Å²) >= 11 is 0. The molecule has 4 aromatic carbocycles. The SMILES string of the molecule is O=C(c1cccc2ccccc12)c1ccc(OO[N+](=O)[O-])c2ccccc12. The van der Waals surface area contributed by atoms with Crippen molar-refractivity contribution in [1.82, 2.24) is 0 Å². The molecule has 6 nitrogen and oxygen atoms in total. The fourth-order valence-corrected chi connectivity index (χ4v) is 3.18. The lowest BCUT2D eigenvalue weighted by atomic mass is 9.93. The van der Waals surface area contributed by atoms with Gasteiger partial charge in [-0.05, 0) is 28.3 Å². The highest BCUT2D eigenvalue weighted by molar-refractivity contribution is 6.21. The normalized spacial score (nSPS) is 10.7. The van der Waals surface area contributed by atoms with Crippen LogP contribution in [-0.4, -0.2) is 10.9 Å². The largest absolute Gasteiger partial charge is 0.331 e. The summed E-state index contributed by atoms with van der Waals surface area (Å²) in [5.74, 6) is 0.0292. The van der Waals surface area contributed by atoms with Gasteiger partial charge in [-0.2, -0.15) is 0 Å². The van der Waals surface area contributed by atoms with Crippen molar-refractivity contribution in [3.63, 3.8) is 0 Å². The summed E-state index contributed by atoms with van der Waals surface area (Å²) in [7, 11) is 0. The van der Waals surface area contributed by atoms with E-state index in [1.54, 1.807) is 36.4 Å². The molecule has 4 rings (SSSR count). The zero-order valence-corrected chi connectivity index (χ0v) is 14.0. The molecule has 0 aliphatic carbocycles. The van der Waals surface area contributed by atoms with Gasteiger partial charge in [-0.1, -0.05) is 71.7 Å². The van der Waals surface area contributed by atoms with E-state index in [9.17, 15) is 14.9 Å². The number of fused-ring (bicyclic) bond motifs is 2. The Kier molecular flexibility index (Phi) is 4.14. The minimum atomic E-state index is -1.04. The summed E-state index contributed by atoms with van der Waals surface area (Å²) in [4.78, 5) is 32.5. The number of nitrogens with zero attached hydrogens (tertiary/aromatic N) is 1. The molecular formula is C21H13NO5. The summed E-state index contributed by atoms with van der Waals surface area (Å²) in [6.07, 6.45) is 0. The average Bonchev–Trinajstić information content (AvgIpc) is 2.71. The first-order valence-corrected chi connectivity index (χ1v) is 8.18. The van der Waals surface area contributed by atoms with Crippen LogP contribution in [0.25, 0.3) is 21.5 Å². The lowest BCUT2D eigenvalue weighted by Gasteiger charge is -2.11. The summed E-state index contributed by atoms with van der Waals surface area (Å²) in [5, 5.41) is 12.4. The molecule has 0 aliphatic rings. The van der Waals surface area contributed by atoms with Gasteiger partial charge in [0, 0.05) is 16.5 Å². The topological polar surface area (TPSA) is 78.7 Å². The number of hydrogen-bond donors (Lipinski definition) is 0. The van der Waals surface area contributed by atoms with E-state index in [0.717, 1.165) is 10.8 Å². The molecule has 0 bridgehead atoms. The van der Waals surface area contributed by atoms with Crippen LogP contribution in [0.1, 0.15) is 15.9 Å². The molecule has 0 heterocycles. The third-order valence-electron chi connectivity index (χ3n) is 4.35. The molecule has 0 atom stereocenters. The van der Waals surface area contributed by atoms with E-state index >= 15 is 0 Å². The van der Waals surface area contributed by atoms with Crippen molar-refractivity contribution in [2.75, 3.05) is 0 Å². The van der Waals surface area contributed by atoms with Gasteiger partial charge in [0.1, 0.15) is 0 Å². The maximum atomic E-state index is 13.3. The van der Waals surface area contributed by atoms with Gasteiger partial charge >= 0.3 is 5.09 Å². The number of carbonyl (C=O) groups excluding carboxylic acids is 1. The Bertz CT molecular complexity index is 1180. The maximum Gasteiger partial charge on any atom is 0.331 e. The van der Waals surface area contributed by atoms with Crippen LogP contribution in [0.3, 0.4) is 0 Å². The van der Waals surface area contributed by atoms with Crippen LogP contribution in [0.15, 0.2) is 78.9 Å². The smallest absolute Gasteiger partial charge is 0.299 e. The van der Waals surface area contributed by atoms with Crippen molar-refractivity contribution in [2.45, 2.75) is 0 Å². The first kappa shape index (κ1) is 16.5. The van der Waals surface area contributed by atoms with E-state index in [4.69, 9.17) is 4.89 Å². The van der Waals surface area contributed by atoms with E-state index in [2.05, 4.69) is 4.99 Å². The number of carbonyl (C=O) groups is 1. The van der Waals surface area contributed by atoms with E-state index in [0.29, 0.717) is 21.9 Å². The molecule has 4 aromatic rings. The lowest BCUT2D eigenvalue weighted by Crippen LogP contribution is -2.06. The minimum absolute atomic E-state index is 0.134. The third-order valence-corrected chi connectivity index (χ3v) is 4.35. The highest BCUT2D eigenvalue weighted by atomic mass is 17.3. The standard InChI is InChI=1S/C21H13NO5/c23-21(18-11-5-7-14-6-1-2-8-15(14)18)19-12-13-20(26-27-22(24)25)17-10-4-3-9-16(17)19/h1-13H. The van der Waals surface area contributed by atoms with Gasteiger partial charge in [-0.25, -0.2) is 0 Å². The molecule has 0 aliphatic heterocycles. The average molecular weight is 359 g/mol. The number of ketones is 1. The van der Waals surface area contributed by atoms with Crippen molar-refractivity contribution in [2.24, 2.45) is 0 Å². The van der Waals surface area contributed by atoms with Crippen LogP contribution < -0.4 is 4.89 Å². The predicted octanol–water partition coefficient (Wildman–Crippen LogP) is 4.73. The molecule has 6 heteroatoms. The Balaban J connectivity index is 1.85. The minimum Gasteiger partial charge on any atom is -0.299 e. The molecule has 132 valence electrons. The van der Waals surface area contributed by atoms with E-state index in [1.165, 1.54) is 6.07 Å². The second kappa shape index (κ2) is 6.76. The Labute approximate surface area is 153 Å². The first-order chi connectivity index (χ1) is 13.1. The van der Waals surface area contributed by atoms with Gasteiger partial charge in [0.15, 0.2) is 11.5 Å². The Morgan fingerprint density at radius 2 is 1.37 bits per heavy atom. The number of hydrogen-bond acceptors (Lipinski definition) is 5. The van der Waals surface area contributed by atoms with Gasteiger partial charge in [0.05, 0.1) is 0 Å². The lowest BCUT2D eigenvalue weighted by molar-refractivity contribution is -0.832. The molecule has 0 unspecified atom stereocenters. The van der Waals surface area contributed by atoms with Crippen LogP contribution in [0.4, 0.5) is 0 Å². The van der Waals surface area contributed by atoms with Gasteiger partial charge < -0.3 is 0 Å². The van der Waals surface area contributed by atoms with E-state index in [-0.39, 0.29) is 11.5 Å². The van der Waals surface area contributed by atoms with Crippen LogP contribution in [0.5, 0.6) is 5.75 Å². The summed E-state index contributed by atoms with van der Waals surface area (Å²) in [6, 6.07) is 23.4. The van der Waals surface area contributed by atoms with Gasteiger partial charge in [0.25, 0.3) is 0 Å². The third kappa shape index (κ3) is 3.04. The molecule has 0 fully saturated rings. The van der Waals surface area contributed by atoms with E-state index in [1.807, 2.05) is 36.4 Å². The molecule has 0 saturated heterocycles. The quantitative estimate of drug-likeness (QED) is 0.223. The van der Waals surface area contributed by atoms with Gasteiger partial charge in [0.2, 0.25) is 0 Å². The maximum absolute atomic E-state index is 13.3. The van der Waals surface area contributed by atoms with Crippen molar-refractivity contribution < 1.29 is 19.8 Å². The first-order valence-electron chi connectivity index (χ1n) is 8.18.